The van der Waals surface area contributed by atoms with E-state index in [0.717, 1.165) is 25.7 Å². The number of benzene rings is 1. The number of halogens is 1. The van der Waals surface area contributed by atoms with Crippen molar-refractivity contribution in [2.45, 2.75) is 31.7 Å². The van der Waals surface area contributed by atoms with Gasteiger partial charge in [-0.2, -0.15) is 0 Å². The molecule has 1 amide bonds. The lowest BCUT2D eigenvalue weighted by molar-refractivity contribution is 0.0938. The molecule has 0 spiro atoms. The second-order valence-electron chi connectivity index (χ2n) is 4.56. The summed E-state index contributed by atoms with van der Waals surface area (Å²) in [5.74, 6) is -0.194. The van der Waals surface area contributed by atoms with Gasteiger partial charge >= 0.3 is 7.12 Å². The summed E-state index contributed by atoms with van der Waals surface area (Å²) in [5.41, 5.74) is 0.546. The van der Waals surface area contributed by atoms with E-state index in [1.54, 1.807) is 6.07 Å². The van der Waals surface area contributed by atoms with Crippen LogP contribution in [0.2, 0.25) is 5.02 Å². The zero-order valence-electron chi connectivity index (χ0n) is 9.90. The Kier molecular flexibility index (Phi) is 4.27. The maximum absolute atomic E-state index is 12.0. The first-order chi connectivity index (χ1) is 8.58. The van der Waals surface area contributed by atoms with Gasteiger partial charge in [0.25, 0.3) is 5.91 Å². The average molecular weight is 268 g/mol. The molecule has 1 fully saturated rings. The molecule has 0 aromatic heterocycles. The zero-order chi connectivity index (χ0) is 13.1. The molecule has 0 aliphatic heterocycles. The van der Waals surface area contributed by atoms with E-state index >= 15 is 0 Å². The van der Waals surface area contributed by atoms with Crippen molar-refractivity contribution >= 4 is 30.1 Å². The summed E-state index contributed by atoms with van der Waals surface area (Å²) in [6.45, 7) is 0. The molecule has 0 unspecified atom stereocenters. The summed E-state index contributed by atoms with van der Waals surface area (Å²) in [6.07, 6.45) is 4.31. The predicted octanol–water partition coefficient (Wildman–Crippen LogP) is 0.692. The molecule has 0 heterocycles. The highest BCUT2D eigenvalue weighted by Crippen LogP contribution is 2.18. The van der Waals surface area contributed by atoms with Crippen molar-refractivity contribution < 1.29 is 14.8 Å². The van der Waals surface area contributed by atoms with E-state index in [-0.39, 0.29) is 22.4 Å². The highest BCUT2D eigenvalue weighted by molar-refractivity contribution is 6.62. The van der Waals surface area contributed by atoms with Crippen molar-refractivity contribution in [2.75, 3.05) is 0 Å². The fraction of sp³-hybridized carbons (Fsp3) is 0.417. The van der Waals surface area contributed by atoms with Gasteiger partial charge in [0.05, 0.1) is 0 Å². The Morgan fingerprint density at radius 2 is 2.00 bits per heavy atom. The highest BCUT2D eigenvalue weighted by Gasteiger charge is 2.20. The van der Waals surface area contributed by atoms with Crippen LogP contribution in [0.4, 0.5) is 0 Å². The smallest absolute Gasteiger partial charge is 0.423 e. The monoisotopic (exact) mass is 267 g/mol. The highest BCUT2D eigenvalue weighted by atomic mass is 35.5. The largest absolute Gasteiger partial charge is 0.489 e. The number of hydrogen-bond acceptors (Lipinski definition) is 3. The third-order valence-corrected chi connectivity index (χ3v) is 3.57. The first-order valence-electron chi connectivity index (χ1n) is 6.04. The van der Waals surface area contributed by atoms with E-state index in [1.807, 2.05) is 0 Å². The molecule has 1 aromatic rings. The van der Waals surface area contributed by atoms with Crippen LogP contribution in [-0.4, -0.2) is 29.1 Å². The van der Waals surface area contributed by atoms with Crippen molar-refractivity contribution in [1.29, 1.82) is 0 Å². The van der Waals surface area contributed by atoms with Crippen LogP contribution in [0.3, 0.4) is 0 Å². The number of hydrogen-bond donors (Lipinski definition) is 3. The number of carbonyl (C=O) groups is 1. The van der Waals surface area contributed by atoms with E-state index in [1.165, 1.54) is 12.1 Å². The molecule has 6 heteroatoms. The molecule has 1 aromatic carbocycles. The molecule has 2 rings (SSSR count). The molecule has 0 saturated heterocycles. The summed E-state index contributed by atoms with van der Waals surface area (Å²) in [7, 11) is -1.67. The van der Waals surface area contributed by atoms with Gasteiger partial charge in [-0.3, -0.25) is 4.79 Å². The Bertz CT molecular complexity index is 447. The molecule has 3 N–H and O–H groups in total. The van der Waals surface area contributed by atoms with Crippen LogP contribution < -0.4 is 10.8 Å². The standard InChI is InChI=1S/C12H15BClNO3/c14-11-6-5-8(7-10(11)13(17)18)12(16)15-9-3-1-2-4-9/h5-7,9,17-18H,1-4H2,(H,15,16). The van der Waals surface area contributed by atoms with E-state index in [9.17, 15) is 4.79 Å². The Morgan fingerprint density at radius 1 is 1.33 bits per heavy atom. The maximum Gasteiger partial charge on any atom is 0.489 e. The normalized spacial score (nSPS) is 15.7. The van der Waals surface area contributed by atoms with Crippen molar-refractivity contribution in [1.82, 2.24) is 5.32 Å². The van der Waals surface area contributed by atoms with Crippen LogP contribution >= 0.6 is 11.6 Å². The fourth-order valence-corrected chi connectivity index (χ4v) is 2.44. The average Bonchev–Trinajstić information content (AvgIpc) is 2.81. The van der Waals surface area contributed by atoms with Crippen molar-refractivity contribution in [2.24, 2.45) is 0 Å². The maximum atomic E-state index is 12.0. The molecule has 1 aliphatic rings. The minimum atomic E-state index is -1.67. The summed E-state index contributed by atoms with van der Waals surface area (Å²) >= 11 is 5.81. The second-order valence-corrected chi connectivity index (χ2v) is 4.97. The van der Waals surface area contributed by atoms with Gasteiger partial charge in [-0.15, -0.1) is 0 Å². The summed E-state index contributed by atoms with van der Waals surface area (Å²) < 4.78 is 0. The zero-order valence-corrected chi connectivity index (χ0v) is 10.7. The molecule has 0 radical (unpaired) electrons. The Labute approximate surface area is 111 Å². The van der Waals surface area contributed by atoms with Crippen LogP contribution in [0.15, 0.2) is 18.2 Å². The SMILES string of the molecule is O=C(NC1CCCC1)c1ccc(Cl)c(B(O)O)c1. The van der Waals surface area contributed by atoms with E-state index in [2.05, 4.69) is 5.32 Å². The first-order valence-corrected chi connectivity index (χ1v) is 6.42. The third kappa shape index (κ3) is 3.04. The Balaban J connectivity index is 2.12. The third-order valence-electron chi connectivity index (χ3n) is 3.23. The van der Waals surface area contributed by atoms with E-state index < -0.39 is 7.12 Å². The molecular weight excluding hydrogens is 252 g/mol. The van der Waals surface area contributed by atoms with Gasteiger partial charge in [0.15, 0.2) is 0 Å². The Morgan fingerprint density at radius 3 is 2.61 bits per heavy atom. The molecule has 96 valence electrons. The second kappa shape index (κ2) is 5.74. The molecular formula is C12H15BClNO3. The summed E-state index contributed by atoms with van der Waals surface area (Å²) in [5, 5.41) is 21.4. The lowest BCUT2D eigenvalue weighted by Crippen LogP contribution is -2.35. The fourth-order valence-electron chi connectivity index (χ4n) is 2.22. The van der Waals surface area contributed by atoms with Crippen LogP contribution in [0.25, 0.3) is 0 Å². The molecule has 1 saturated carbocycles. The predicted molar refractivity (Wildman–Crippen MR) is 71.0 cm³/mol. The van der Waals surface area contributed by atoms with Gasteiger partial charge in [0.2, 0.25) is 0 Å². The molecule has 4 nitrogen and oxygen atoms in total. The van der Waals surface area contributed by atoms with Gasteiger partial charge in [-0.1, -0.05) is 24.4 Å². The Hall–Kier alpha value is -1.04. The van der Waals surface area contributed by atoms with Crippen LogP contribution in [-0.2, 0) is 0 Å². The van der Waals surface area contributed by atoms with E-state index in [0.29, 0.717) is 5.56 Å². The topological polar surface area (TPSA) is 69.6 Å². The summed E-state index contributed by atoms with van der Waals surface area (Å²) in [4.78, 5) is 12.0. The van der Waals surface area contributed by atoms with Gasteiger partial charge in [0.1, 0.15) is 0 Å². The lowest BCUT2D eigenvalue weighted by Gasteiger charge is -2.13. The number of rotatable bonds is 3. The minimum Gasteiger partial charge on any atom is -0.423 e. The van der Waals surface area contributed by atoms with Gasteiger partial charge in [0, 0.05) is 22.1 Å². The number of carbonyl (C=O) groups excluding carboxylic acids is 1. The van der Waals surface area contributed by atoms with Crippen LogP contribution in [0.5, 0.6) is 0 Å². The molecule has 18 heavy (non-hydrogen) atoms. The molecule has 0 bridgehead atoms. The molecule has 0 atom stereocenters. The van der Waals surface area contributed by atoms with Crippen LogP contribution in [0, 0.1) is 0 Å². The van der Waals surface area contributed by atoms with Gasteiger partial charge in [-0.25, -0.2) is 0 Å². The number of amides is 1. The number of nitrogens with one attached hydrogen (secondary N) is 1. The van der Waals surface area contributed by atoms with Gasteiger partial charge < -0.3 is 15.4 Å². The van der Waals surface area contributed by atoms with Crippen molar-refractivity contribution in [3.05, 3.63) is 28.8 Å². The molecule has 1 aliphatic carbocycles. The van der Waals surface area contributed by atoms with E-state index in [4.69, 9.17) is 21.6 Å². The quantitative estimate of drug-likeness (QED) is 0.706. The first kappa shape index (κ1) is 13.4. The van der Waals surface area contributed by atoms with Gasteiger partial charge in [-0.05, 0) is 31.0 Å². The van der Waals surface area contributed by atoms with Crippen molar-refractivity contribution in [3.8, 4) is 0 Å². The minimum absolute atomic E-state index is 0.149. The van der Waals surface area contributed by atoms with Crippen molar-refractivity contribution in [3.63, 3.8) is 0 Å². The summed E-state index contributed by atoms with van der Waals surface area (Å²) in [6, 6.07) is 4.73. The van der Waals surface area contributed by atoms with Crippen LogP contribution in [0.1, 0.15) is 36.0 Å². The lowest BCUT2D eigenvalue weighted by atomic mass is 9.79.